The fourth-order valence-corrected chi connectivity index (χ4v) is 4.97. The summed E-state index contributed by atoms with van der Waals surface area (Å²) in [5.74, 6) is -0.721. The highest BCUT2D eigenvalue weighted by atomic mass is 32.2. The molecule has 2 heterocycles. The number of hydrogen-bond acceptors (Lipinski definition) is 3. The average Bonchev–Trinajstić information content (AvgIpc) is 3.11. The predicted octanol–water partition coefficient (Wildman–Crippen LogP) is 4.39. The number of para-hydroxylation sites is 1. The third-order valence-electron chi connectivity index (χ3n) is 4.84. The first kappa shape index (κ1) is 19.5. The maximum atomic E-state index is 13.4. The van der Waals surface area contributed by atoms with Gasteiger partial charge in [0.05, 0.1) is 0 Å². The van der Waals surface area contributed by atoms with Crippen molar-refractivity contribution in [1.29, 1.82) is 0 Å². The quantitative estimate of drug-likeness (QED) is 0.664. The lowest BCUT2D eigenvalue weighted by Crippen LogP contribution is -2.35. The zero-order chi connectivity index (χ0) is 20.6. The lowest BCUT2D eigenvalue weighted by molar-refractivity contribution is -0.0517. The first-order valence-corrected chi connectivity index (χ1v) is 10.3. The normalized spacial score (nSPS) is 15.7. The van der Waals surface area contributed by atoms with Crippen molar-refractivity contribution in [3.8, 4) is 5.75 Å². The van der Waals surface area contributed by atoms with E-state index in [1.54, 1.807) is 18.3 Å². The van der Waals surface area contributed by atoms with Crippen LogP contribution in [0.25, 0.3) is 16.5 Å². The molecule has 0 fully saturated rings. The van der Waals surface area contributed by atoms with E-state index in [-0.39, 0.29) is 29.6 Å². The van der Waals surface area contributed by atoms with Crippen molar-refractivity contribution in [2.75, 3.05) is 13.1 Å². The van der Waals surface area contributed by atoms with Gasteiger partial charge >= 0.3 is 6.61 Å². The molecular formula is C20H17F3N2O3S. The van der Waals surface area contributed by atoms with Crippen LogP contribution in [-0.4, -0.2) is 37.4 Å². The molecule has 0 amide bonds. The molecule has 0 radical (unpaired) electrons. The van der Waals surface area contributed by atoms with Crippen LogP contribution in [0.1, 0.15) is 12.0 Å². The van der Waals surface area contributed by atoms with E-state index < -0.39 is 16.6 Å². The molecule has 0 aliphatic carbocycles. The van der Waals surface area contributed by atoms with Gasteiger partial charge in [-0.15, -0.1) is 0 Å². The maximum Gasteiger partial charge on any atom is 0.387 e. The summed E-state index contributed by atoms with van der Waals surface area (Å²) in [6, 6.07) is 9.80. The third kappa shape index (κ3) is 3.75. The number of aromatic amines is 1. The molecule has 0 bridgehead atoms. The second-order valence-electron chi connectivity index (χ2n) is 6.56. The Morgan fingerprint density at radius 3 is 2.66 bits per heavy atom. The number of halogens is 3. The summed E-state index contributed by atoms with van der Waals surface area (Å²) in [5, 5.41) is 0.852. The monoisotopic (exact) mass is 422 g/mol. The Labute approximate surface area is 165 Å². The summed E-state index contributed by atoms with van der Waals surface area (Å²) in [4.78, 5) is 2.73. The molecule has 1 aliphatic heterocycles. The van der Waals surface area contributed by atoms with Gasteiger partial charge in [-0.2, -0.15) is 13.1 Å². The van der Waals surface area contributed by atoms with Crippen molar-refractivity contribution in [2.45, 2.75) is 17.9 Å². The van der Waals surface area contributed by atoms with Crippen molar-refractivity contribution in [3.63, 3.8) is 0 Å². The van der Waals surface area contributed by atoms with E-state index in [0.29, 0.717) is 11.9 Å². The number of nitrogens with one attached hydrogen (secondary N) is 1. The van der Waals surface area contributed by atoms with Gasteiger partial charge < -0.3 is 9.72 Å². The third-order valence-corrected chi connectivity index (χ3v) is 6.75. The number of rotatable bonds is 5. The fraction of sp³-hybridized carbons (Fsp3) is 0.200. The minimum Gasteiger partial charge on any atom is -0.433 e. The van der Waals surface area contributed by atoms with Crippen LogP contribution in [0.15, 0.2) is 59.6 Å². The van der Waals surface area contributed by atoms with Gasteiger partial charge in [-0.05, 0) is 42.3 Å². The van der Waals surface area contributed by atoms with Crippen molar-refractivity contribution in [3.05, 3.63) is 66.1 Å². The molecule has 5 nitrogen and oxygen atoms in total. The van der Waals surface area contributed by atoms with Crippen LogP contribution in [0.3, 0.4) is 0 Å². The van der Waals surface area contributed by atoms with Gasteiger partial charge in [-0.25, -0.2) is 12.8 Å². The first-order valence-electron chi connectivity index (χ1n) is 8.86. The van der Waals surface area contributed by atoms with Crippen LogP contribution in [0, 0.1) is 5.82 Å². The number of fused-ring (bicyclic) bond motifs is 1. The maximum absolute atomic E-state index is 13.4. The molecule has 9 heteroatoms. The van der Waals surface area contributed by atoms with Gasteiger partial charge in [0.25, 0.3) is 0 Å². The van der Waals surface area contributed by atoms with Crippen LogP contribution < -0.4 is 4.74 Å². The molecule has 1 aliphatic rings. The van der Waals surface area contributed by atoms with Crippen molar-refractivity contribution in [1.82, 2.24) is 9.29 Å². The molecule has 0 unspecified atom stereocenters. The zero-order valence-electron chi connectivity index (χ0n) is 15.1. The molecule has 0 saturated carbocycles. The number of sulfonamides is 1. The Bertz CT molecular complexity index is 1190. The molecule has 152 valence electrons. The molecule has 1 N–H and O–H groups in total. The highest BCUT2D eigenvalue weighted by Crippen LogP contribution is 2.33. The van der Waals surface area contributed by atoms with E-state index in [1.807, 2.05) is 0 Å². The SMILES string of the molecule is O=S(=O)(c1ccccc1OC(F)F)N1CC=C(c2c[nH]c3cc(F)ccc23)CC1. The van der Waals surface area contributed by atoms with E-state index in [2.05, 4.69) is 9.72 Å². The number of H-pyrrole nitrogens is 1. The summed E-state index contributed by atoms with van der Waals surface area (Å²) in [7, 11) is -4.01. The van der Waals surface area contributed by atoms with Gasteiger partial charge in [0.1, 0.15) is 16.5 Å². The zero-order valence-corrected chi connectivity index (χ0v) is 15.9. The lowest BCUT2D eigenvalue weighted by Gasteiger charge is -2.26. The molecule has 29 heavy (non-hydrogen) atoms. The molecule has 4 rings (SSSR count). The van der Waals surface area contributed by atoms with Gasteiger partial charge in [0.15, 0.2) is 0 Å². The Morgan fingerprint density at radius 2 is 1.93 bits per heavy atom. The fourth-order valence-electron chi connectivity index (χ4n) is 3.47. The highest BCUT2D eigenvalue weighted by molar-refractivity contribution is 7.89. The Balaban J connectivity index is 1.61. The summed E-state index contributed by atoms with van der Waals surface area (Å²) in [6.07, 6.45) is 3.98. The van der Waals surface area contributed by atoms with Gasteiger partial charge in [-0.3, -0.25) is 0 Å². The highest BCUT2D eigenvalue weighted by Gasteiger charge is 2.30. The summed E-state index contributed by atoms with van der Waals surface area (Å²) in [5.41, 5.74) is 2.49. The summed E-state index contributed by atoms with van der Waals surface area (Å²) < 4.78 is 70.1. The van der Waals surface area contributed by atoms with Crippen LogP contribution in [0.4, 0.5) is 13.2 Å². The molecule has 1 aromatic heterocycles. The minimum absolute atomic E-state index is 0.0918. The average molecular weight is 422 g/mol. The van der Waals surface area contributed by atoms with E-state index >= 15 is 0 Å². The van der Waals surface area contributed by atoms with Crippen LogP contribution in [0.2, 0.25) is 0 Å². The molecular weight excluding hydrogens is 405 g/mol. The van der Waals surface area contributed by atoms with Crippen LogP contribution in [-0.2, 0) is 10.0 Å². The second-order valence-corrected chi connectivity index (χ2v) is 8.47. The van der Waals surface area contributed by atoms with Crippen molar-refractivity contribution in [2.24, 2.45) is 0 Å². The summed E-state index contributed by atoms with van der Waals surface area (Å²) >= 11 is 0. The molecule has 0 atom stereocenters. The molecule has 3 aromatic rings. The van der Waals surface area contributed by atoms with Crippen LogP contribution in [0.5, 0.6) is 5.75 Å². The largest absolute Gasteiger partial charge is 0.433 e. The smallest absolute Gasteiger partial charge is 0.387 e. The topological polar surface area (TPSA) is 62.4 Å². The molecule has 0 saturated heterocycles. The number of ether oxygens (including phenoxy) is 1. The van der Waals surface area contributed by atoms with Gasteiger partial charge in [-0.1, -0.05) is 18.2 Å². The number of benzene rings is 2. The molecule has 0 spiro atoms. The number of hydrogen-bond donors (Lipinski definition) is 1. The Kier molecular flexibility index (Phi) is 5.10. The molecule has 2 aromatic carbocycles. The van der Waals surface area contributed by atoms with Crippen LogP contribution >= 0.6 is 0 Å². The van der Waals surface area contributed by atoms with Gasteiger partial charge in [0, 0.05) is 35.8 Å². The number of aromatic nitrogens is 1. The standard InChI is InChI=1S/C20H17F3N2O3S/c21-14-5-6-15-16(12-24-17(15)11-14)13-7-9-25(10-8-13)29(26,27)19-4-2-1-3-18(19)28-20(22)23/h1-7,11-12,20,24H,8-10H2. The number of nitrogens with zero attached hydrogens (tertiary/aromatic N) is 1. The minimum atomic E-state index is -4.01. The lowest BCUT2D eigenvalue weighted by atomic mass is 10.00. The van der Waals surface area contributed by atoms with Crippen molar-refractivity contribution < 1.29 is 26.3 Å². The van der Waals surface area contributed by atoms with Crippen molar-refractivity contribution >= 4 is 26.5 Å². The predicted molar refractivity (Wildman–Crippen MR) is 103 cm³/mol. The van der Waals surface area contributed by atoms with E-state index in [4.69, 9.17) is 0 Å². The Hall–Kier alpha value is -2.78. The van der Waals surface area contributed by atoms with E-state index in [1.165, 1.54) is 40.7 Å². The Morgan fingerprint density at radius 1 is 1.14 bits per heavy atom. The van der Waals surface area contributed by atoms with E-state index in [0.717, 1.165) is 16.5 Å². The number of alkyl halides is 2. The van der Waals surface area contributed by atoms with Gasteiger partial charge in [0.2, 0.25) is 10.0 Å². The summed E-state index contributed by atoms with van der Waals surface area (Å²) in [6.45, 7) is -2.84. The van der Waals surface area contributed by atoms with E-state index in [9.17, 15) is 21.6 Å². The first-order chi connectivity index (χ1) is 13.9. The second kappa shape index (κ2) is 7.57.